The van der Waals surface area contributed by atoms with Crippen LogP contribution in [0.25, 0.3) is 0 Å². The topological polar surface area (TPSA) is 111 Å². The number of anilines is 2. The molecule has 1 N–H and O–H groups in total. The average molecular weight is 436 g/mol. The molecule has 2 rings (SSSR count). The SMILES string of the molecule is CCOC(=O)CN(c1cc(OC)ccc1OC)S(=O)(=O)c1ccc(NC(C)=O)cc1. The van der Waals surface area contributed by atoms with Gasteiger partial charge in [-0.25, -0.2) is 8.42 Å². The van der Waals surface area contributed by atoms with Gasteiger partial charge in [-0.2, -0.15) is 0 Å². The molecule has 0 fully saturated rings. The van der Waals surface area contributed by atoms with E-state index in [-0.39, 0.29) is 28.8 Å². The monoisotopic (exact) mass is 436 g/mol. The van der Waals surface area contributed by atoms with Gasteiger partial charge in [-0.05, 0) is 43.3 Å². The second-order valence-electron chi connectivity index (χ2n) is 6.06. The Kier molecular flexibility index (Phi) is 7.65. The molecule has 0 aromatic heterocycles. The van der Waals surface area contributed by atoms with Crippen molar-refractivity contribution in [3.63, 3.8) is 0 Å². The molecule has 0 bridgehead atoms. The van der Waals surface area contributed by atoms with Gasteiger partial charge in [-0.15, -0.1) is 0 Å². The molecule has 0 radical (unpaired) electrons. The number of benzene rings is 2. The maximum atomic E-state index is 13.4. The zero-order chi connectivity index (χ0) is 22.3. The van der Waals surface area contributed by atoms with E-state index in [1.165, 1.54) is 51.5 Å². The molecule has 162 valence electrons. The molecular formula is C20H24N2O7S. The summed E-state index contributed by atoms with van der Waals surface area (Å²) < 4.78 is 43.2. The summed E-state index contributed by atoms with van der Waals surface area (Å²) in [6.45, 7) is 2.52. The van der Waals surface area contributed by atoms with Crippen LogP contribution in [0.1, 0.15) is 13.8 Å². The summed E-state index contributed by atoms with van der Waals surface area (Å²) in [5.74, 6) is -0.383. The van der Waals surface area contributed by atoms with Crippen LogP contribution in [0, 0.1) is 0 Å². The molecule has 0 saturated carbocycles. The molecule has 0 aliphatic carbocycles. The molecule has 1 amide bonds. The van der Waals surface area contributed by atoms with E-state index < -0.39 is 22.5 Å². The van der Waals surface area contributed by atoms with Gasteiger partial charge in [0, 0.05) is 18.7 Å². The van der Waals surface area contributed by atoms with Gasteiger partial charge in [0.05, 0.1) is 31.4 Å². The first-order chi connectivity index (χ1) is 14.2. The van der Waals surface area contributed by atoms with E-state index in [4.69, 9.17) is 14.2 Å². The minimum absolute atomic E-state index is 0.0780. The van der Waals surface area contributed by atoms with Crippen molar-refractivity contribution in [3.8, 4) is 11.5 Å². The Morgan fingerprint density at radius 1 is 1.03 bits per heavy atom. The number of hydrogen-bond donors (Lipinski definition) is 1. The van der Waals surface area contributed by atoms with Gasteiger partial charge in [0.15, 0.2) is 0 Å². The van der Waals surface area contributed by atoms with Crippen LogP contribution in [0.15, 0.2) is 47.4 Å². The summed E-state index contributed by atoms with van der Waals surface area (Å²) in [7, 11) is -1.35. The van der Waals surface area contributed by atoms with Crippen LogP contribution < -0.4 is 19.1 Å². The van der Waals surface area contributed by atoms with Crippen LogP contribution in [0.2, 0.25) is 0 Å². The summed E-state index contributed by atoms with van der Waals surface area (Å²) in [5, 5.41) is 2.57. The maximum absolute atomic E-state index is 13.4. The fourth-order valence-electron chi connectivity index (χ4n) is 2.66. The Hall–Kier alpha value is -3.27. The van der Waals surface area contributed by atoms with E-state index in [1.807, 2.05) is 0 Å². The van der Waals surface area contributed by atoms with Crippen LogP contribution in [0.4, 0.5) is 11.4 Å². The summed E-state index contributed by atoms with van der Waals surface area (Å²) in [6.07, 6.45) is 0. The maximum Gasteiger partial charge on any atom is 0.326 e. The number of amides is 1. The van der Waals surface area contributed by atoms with E-state index in [0.717, 1.165) is 4.31 Å². The molecule has 2 aromatic carbocycles. The molecule has 0 atom stereocenters. The number of sulfonamides is 1. The fraction of sp³-hybridized carbons (Fsp3) is 0.300. The normalized spacial score (nSPS) is 10.8. The minimum atomic E-state index is -4.19. The Morgan fingerprint density at radius 3 is 2.23 bits per heavy atom. The van der Waals surface area contributed by atoms with E-state index in [0.29, 0.717) is 11.4 Å². The second-order valence-corrected chi connectivity index (χ2v) is 7.92. The number of methoxy groups -OCH3 is 2. The Bertz CT molecular complexity index is 1000. The molecule has 0 aliphatic rings. The highest BCUT2D eigenvalue weighted by molar-refractivity contribution is 7.92. The number of carbonyl (C=O) groups excluding carboxylic acids is 2. The van der Waals surface area contributed by atoms with Crippen molar-refractivity contribution in [2.24, 2.45) is 0 Å². The molecule has 2 aromatic rings. The van der Waals surface area contributed by atoms with Crippen LogP contribution >= 0.6 is 0 Å². The Morgan fingerprint density at radius 2 is 1.70 bits per heavy atom. The first-order valence-electron chi connectivity index (χ1n) is 9.01. The Labute approximate surface area is 175 Å². The lowest BCUT2D eigenvalue weighted by molar-refractivity contribution is -0.141. The quantitative estimate of drug-likeness (QED) is 0.601. The third kappa shape index (κ3) is 5.41. The van der Waals surface area contributed by atoms with Crippen molar-refractivity contribution >= 4 is 33.3 Å². The van der Waals surface area contributed by atoms with E-state index >= 15 is 0 Å². The number of carbonyl (C=O) groups is 2. The van der Waals surface area contributed by atoms with Crippen molar-refractivity contribution in [2.75, 3.05) is 37.0 Å². The average Bonchev–Trinajstić information content (AvgIpc) is 2.71. The van der Waals surface area contributed by atoms with Gasteiger partial charge in [-0.3, -0.25) is 13.9 Å². The first-order valence-corrected chi connectivity index (χ1v) is 10.4. The van der Waals surface area contributed by atoms with Crippen molar-refractivity contribution in [1.29, 1.82) is 0 Å². The lowest BCUT2D eigenvalue weighted by atomic mass is 10.2. The third-order valence-electron chi connectivity index (χ3n) is 4.00. The van der Waals surface area contributed by atoms with Gasteiger partial charge >= 0.3 is 5.97 Å². The van der Waals surface area contributed by atoms with Gasteiger partial charge < -0.3 is 19.5 Å². The van der Waals surface area contributed by atoms with E-state index in [2.05, 4.69) is 5.32 Å². The van der Waals surface area contributed by atoms with Gasteiger partial charge in [0.1, 0.15) is 18.0 Å². The van der Waals surface area contributed by atoms with Crippen molar-refractivity contribution in [1.82, 2.24) is 0 Å². The summed E-state index contributed by atoms with van der Waals surface area (Å²) in [6, 6.07) is 10.2. The summed E-state index contributed by atoms with van der Waals surface area (Å²) >= 11 is 0. The smallest absolute Gasteiger partial charge is 0.326 e. The highest BCUT2D eigenvalue weighted by atomic mass is 32.2. The molecule has 0 saturated heterocycles. The van der Waals surface area contributed by atoms with Crippen LogP contribution in [-0.2, 0) is 24.3 Å². The molecule has 0 spiro atoms. The number of rotatable bonds is 9. The number of nitrogens with zero attached hydrogens (tertiary/aromatic N) is 1. The van der Waals surface area contributed by atoms with Crippen molar-refractivity contribution in [3.05, 3.63) is 42.5 Å². The second kappa shape index (κ2) is 9.97. The predicted octanol–water partition coefficient (Wildman–Crippen LogP) is 2.42. The van der Waals surface area contributed by atoms with Crippen LogP contribution in [0.5, 0.6) is 11.5 Å². The van der Waals surface area contributed by atoms with Crippen LogP contribution in [0.3, 0.4) is 0 Å². The summed E-state index contributed by atoms with van der Waals surface area (Å²) in [4.78, 5) is 23.3. The minimum Gasteiger partial charge on any atom is -0.497 e. The molecule has 0 aliphatic heterocycles. The lowest BCUT2D eigenvalue weighted by Gasteiger charge is -2.25. The lowest BCUT2D eigenvalue weighted by Crippen LogP contribution is -2.37. The molecule has 0 heterocycles. The Balaban J connectivity index is 2.56. The van der Waals surface area contributed by atoms with E-state index in [9.17, 15) is 18.0 Å². The van der Waals surface area contributed by atoms with Crippen LogP contribution in [-0.4, -0.2) is 47.7 Å². The number of esters is 1. The zero-order valence-corrected chi connectivity index (χ0v) is 18.0. The highest BCUT2D eigenvalue weighted by Crippen LogP contribution is 2.35. The van der Waals surface area contributed by atoms with Crippen molar-refractivity contribution < 1.29 is 32.2 Å². The highest BCUT2D eigenvalue weighted by Gasteiger charge is 2.30. The van der Waals surface area contributed by atoms with Gasteiger partial charge in [0.25, 0.3) is 10.0 Å². The number of nitrogens with one attached hydrogen (secondary N) is 1. The molecule has 0 unspecified atom stereocenters. The van der Waals surface area contributed by atoms with Gasteiger partial charge in [-0.1, -0.05) is 0 Å². The molecule has 9 nitrogen and oxygen atoms in total. The molecule has 30 heavy (non-hydrogen) atoms. The van der Waals surface area contributed by atoms with Gasteiger partial charge in [0.2, 0.25) is 5.91 Å². The largest absolute Gasteiger partial charge is 0.497 e. The number of hydrogen-bond acceptors (Lipinski definition) is 7. The standard InChI is InChI=1S/C20H24N2O7S/c1-5-29-20(24)13-22(18-12-16(27-3)8-11-19(18)28-4)30(25,26)17-9-6-15(7-10-17)21-14(2)23/h6-12H,5,13H2,1-4H3,(H,21,23). The molecular weight excluding hydrogens is 412 g/mol. The zero-order valence-electron chi connectivity index (χ0n) is 17.2. The predicted molar refractivity (Wildman–Crippen MR) is 111 cm³/mol. The third-order valence-corrected chi connectivity index (χ3v) is 5.77. The number of ether oxygens (including phenoxy) is 3. The fourth-order valence-corrected chi connectivity index (χ4v) is 4.07. The summed E-state index contributed by atoms with van der Waals surface area (Å²) in [5.41, 5.74) is 0.563. The van der Waals surface area contributed by atoms with Crippen molar-refractivity contribution in [2.45, 2.75) is 18.7 Å². The first kappa shape index (κ1) is 23.0. The van der Waals surface area contributed by atoms with E-state index in [1.54, 1.807) is 19.1 Å². The molecule has 10 heteroatoms.